The molecule has 1 rings (SSSR count). The maximum atomic E-state index is 11.2. The second-order valence-corrected chi connectivity index (χ2v) is 3.13. The number of piperidine rings is 1. The molecular weight excluding hydrogens is 174 g/mol. The fourth-order valence-corrected chi connectivity index (χ4v) is 1.43. The number of hydroxylamine groups is 2. The van der Waals surface area contributed by atoms with Gasteiger partial charge in [-0.1, -0.05) is 0 Å². The average molecular weight is 189 g/mol. The van der Waals surface area contributed by atoms with Gasteiger partial charge in [0.15, 0.2) is 5.60 Å². The highest BCUT2D eigenvalue weighted by molar-refractivity contribution is 5.79. The number of carbonyl (C=O) groups is 1. The Labute approximate surface area is 77.2 Å². The third-order valence-electron chi connectivity index (χ3n) is 2.37. The molecule has 0 unspecified atom stereocenters. The third-order valence-corrected chi connectivity index (χ3v) is 2.37. The molecular formula is C8H15NO4. The highest BCUT2D eigenvalue weighted by Crippen LogP contribution is 2.23. The highest BCUT2D eigenvalue weighted by Gasteiger charge is 2.40. The van der Waals surface area contributed by atoms with E-state index in [-0.39, 0.29) is 0 Å². The zero-order valence-corrected chi connectivity index (χ0v) is 7.95. The Balaban J connectivity index is 2.51. The minimum Gasteiger partial charge on any atom is -0.467 e. The van der Waals surface area contributed by atoms with Crippen LogP contribution in [0.1, 0.15) is 12.8 Å². The van der Waals surface area contributed by atoms with Crippen LogP contribution in [0.4, 0.5) is 0 Å². The van der Waals surface area contributed by atoms with Crippen molar-refractivity contribution in [3.8, 4) is 0 Å². The van der Waals surface area contributed by atoms with Gasteiger partial charge in [-0.25, -0.2) is 4.79 Å². The third kappa shape index (κ3) is 2.18. The smallest absolute Gasteiger partial charge is 0.337 e. The largest absolute Gasteiger partial charge is 0.467 e. The molecule has 13 heavy (non-hydrogen) atoms. The molecule has 76 valence electrons. The van der Waals surface area contributed by atoms with Crippen LogP contribution >= 0.6 is 0 Å². The van der Waals surface area contributed by atoms with Crippen molar-refractivity contribution in [3.63, 3.8) is 0 Å². The van der Waals surface area contributed by atoms with Gasteiger partial charge in [0.25, 0.3) is 0 Å². The normalized spacial score (nSPS) is 22.7. The molecule has 0 amide bonds. The molecule has 1 fully saturated rings. The number of hydrogen-bond acceptors (Lipinski definition) is 5. The Morgan fingerprint density at radius 1 is 1.38 bits per heavy atom. The van der Waals surface area contributed by atoms with Crippen LogP contribution in [0.2, 0.25) is 0 Å². The minimum atomic E-state index is -1.32. The Morgan fingerprint density at radius 3 is 2.31 bits per heavy atom. The van der Waals surface area contributed by atoms with E-state index < -0.39 is 11.6 Å². The van der Waals surface area contributed by atoms with Crippen LogP contribution in [-0.4, -0.2) is 49.0 Å². The van der Waals surface area contributed by atoms with Gasteiger partial charge in [-0.15, -0.1) is 0 Å². The zero-order chi connectivity index (χ0) is 9.90. The van der Waals surface area contributed by atoms with Gasteiger partial charge in [0.1, 0.15) is 0 Å². The standard InChI is InChI=1S/C8H15NO4/c1-12-7(10)8(11)3-5-9(13-2)6-4-8/h11H,3-6H2,1-2H3. The van der Waals surface area contributed by atoms with E-state index in [4.69, 9.17) is 4.84 Å². The lowest BCUT2D eigenvalue weighted by molar-refractivity contribution is -0.192. The van der Waals surface area contributed by atoms with Crippen LogP contribution in [0.25, 0.3) is 0 Å². The summed E-state index contributed by atoms with van der Waals surface area (Å²) >= 11 is 0. The lowest BCUT2D eigenvalue weighted by atomic mass is 9.92. The number of esters is 1. The summed E-state index contributed by atoms with van der Waals surface area (Å²) in [7, 11) is 2.85. The first-order valence-electron chi connectivity index (χ1n) is 4.22. The summed E-state index contributed by atoms with van der Waals surface area (Å²) in [5, 5.41) is 11.5. The molecule has 0 aromatic rings. The second kappa shape index (κ2) is 4.04. The molecule has 0 spiro atoms. The first-order valence-corrected chi connectivity index (χ1v) is 4.22. The Kier molecular flexibility index (Phi) is 3.24. The molecule has 1 aliphatic rings. The lowest BCUT2D eigenvalue weighted by Gasteiger charge is -2.34. The number of aliphatic hydroxyl groups is 1. The van der Waals surface area contributed by atoms with Gasteiger partial charge in [-0.05, 0) is 0 Å². The van der Waals surface area contributed by atoms with Gasteiger partial charge >= 0.3 is 5.97 Å². The van der Waals surface area contributed by atoms with E-state index in [1.807, 2.05) is 0 Å². The Bertz CT molecular complexity index is 187. The molecule has 0 bridgehead atoms. The number of carbonyl (C=O) groups excluding carboxylic acids is 1. The summed E-state index contributed by atoms with van der Waals surface area (Å²) in [5.41, 5.74) is -1.32. The molecule has 0 aromatic heterocycles. The van der Waals surface area contributed by atoms with E-state index in [0.717, 1.165) is 0 Å². The molecule has 1 saturated heterocycles. The average Bonchev–Trinajstić information content (AvgIpc) is 2.18. The van der Waals surface area contributed by atoms with Gasteiger partial charge in [-0.3, -0.25) is 0 Å². The van der Waals surface area contributed by atoms with E-state index in [1.165, 1.54) is 7.11 Å². The molecule has 5 nitrogen and oxygen atoms in total. The van der Waals surface area contributed by atoms with Crippen LogP contribution < -0.4 is 0 Å². The zero-order valence-electron chi connectivity index (χ0n) is 7.95. The van der Waals surface area contributed by atoms with Crippen LogP contribution in [0.15, 0.2) is 0 Å². The molecule has 0 radical (unpaired) electrons. The Morgan fingerprint density at radius 2 is 1.92 bits per heavy atom. The molecule has 5 heteroatoms. The number of ether oxygens (including phenoxy) is 1. The molecule has 0 atom stereocenters. The summed E-state index contributed by atoms with van der Waals surface area (Å²) in [4.78, 5) is 16.1. The van der Waals surface area contributed by atoms with E-state index >= 15 is 0 Å². The Hall–Kier alpha value is -0.650. The van der Waals surface area contributed by atoms with Gasteiger partial charge in [0, 0.05) is 25.9 Å². The predicted molar refractivity (Wildman–Crippen MR) is 44.8 cm³/mol. The topological polar surface area (TPSA) is 59.0 Å². The molecule has 1 heterocycles. The summed E-state index contributed by atoms with van der Waals surface area (Å²) in [5.74, 6) is -0.553. The van der Waals surface area contributed by atoms with Crippen LogP contribution in [0.3, 0.4) is 0 Å². The van der Waals surface area contributed by atoms with Crippen molar-refractivity contribution in [1.29, 1.82) is 0 Å². The predicted octanol–water partition coefficient (Wildman–Crippen LogP) is -0.452. The fraction of sp³-hybridized carbons (Fsp3) is 0.875. The van der Waals surface area contributed by atoms with Crippen molar-refractivity contribution in [3.05, 3.63) is 0 Å². The fourth-order valence-electron chi connectivity index (χ4n) is 1.43. The first-order chi connectivity index (χ1) is 6.12. The number of hydrogen-bond donors (Lipinski definition) is 1. The van der Waals surface area contributed by atoms with Crippen molar-refractivity contribution >= 4 is 5.97 Å². The van der Waals surface area contributed by atoms with Gasteiger partial charge in [-0.2, -0.15) is 5.06 Å². The van der Waals surface area contributed by atoms with Gasteiger partial charge in [0.2, 0.25) is 0 Å². The highest BCUT2D eigenvalue weighted by atomic mass is 16.7. The summed E-state index contributed by atoms with van der Waals surface area (Å²) in [6.45, 7) is 1.09. The monoisotopic (exact) mass is 189 g/mol. The number of nitrogens with zero attached hydrogens (tertiary/aromatic N) is 1. The minimum absolute atomic E-state index is 0.355. The first kappa shape index (κ1) is 10.4. The van der Waals surface area contributed by atoms with Crippen molar-refractivity contribution in [1.82, 2.24) is 5.06 Å². The molecule has 0 saturated carbocycles. The molecule has 0 aromatic carbocycles. The number of rotatable bonds is 2. The van der Waals surface area contributed by atoms with Crippen molar-refractivity contribution < 1.29 is 19.5 Å². The summed E-state index contributed by atoms with van der Waals surface area (Å²) < 4.78 is 4.51. The van der Waals surface area contributed by atoms with Gasteiger partial charge in [0.05, 0.1) is 14.2 Å². The maximum Gasteiger partial charge on any atom is 0.337 e. The van der Waals surface area contributed by atoms with E-state index in [2.05, 4.69) is 4.74 Å². The van der Waals surface area contributed by atoms with E-state index in [1.54, 1.807) is 12.2 Å². The van der Waals surface area contributed by atoms with Crippen LogP contribution in [0, 0.1) is 0 Å². The second-order valence-electron chi connectivity index (χ2n) is 3.13. The van der Waals surface area contributed by atoms with Crippen molar-refractivity contribution in [2.75, 3.05) is 27.3 Å². The SMILES string of the molecule is COC(=O)C1(O)CCN(OC)CC1. The van der Waals surface area contributed by atoms with Crippen molar-refractivity contribution in [2.45, 2.75) is 18.4 Å². The quantitative estimate of drug-likeness (QED) is 0.596. The van der Waals surface area contributed by atoms with Crippen LogP contribution in [-0.2, 0) is 14.4 Å². The lowest BCUT2D eigenvalue weighted by Crippen LogP contribution is -2.49. The van der Waals surface area contributed by atoms with Crippen LogP contribution in [0.5, 0.6) is 0 Å². The van der Waals surface area contributed by atoms with E-state index in [9.17, 15) is 9.90 Å². The summed E-state index contributed by atoms with van der Waals surface area (Å²) in [6.07, 6.45) is 0.709. The molecule has 0 aliphatic carbocycles. The molecule has 1 aliphatic heterocycles. The number of methoxy groups -OCH3 is 1. The maximum absolute atomic E-state index is 11.2. The van der Waals surface area contributed by atoms with Crippen molar-refractivity contribution in [2.24, 2.45) is 0 Å². The van der Waals surface area contributed by atoms with E-state index in [0.29, 0.717) is 25.9 Å². The van der Waals surface area contributed by atoms with Gasteiger partial charge < -0.3 is 14.7 Å². The molecule has 1 N–H and O–H groups in total. The summed E-state index contributed by atoms with van der Waals surface area (Å²) in [6, 6.07) is 0.